The SMILES string of the molecule is O=C(CSCc1ccncc1)NCc1ccccc1CO. The fourth-order valence-electron chi connectivity index (χ4n) is 1.87. The molecule has 1 amide bonds. The summed E-state index contributed by atoms with van der Waals surface area (Å²) in [6.07, 6.45) is 3.50. The highest BCUT2D eigenvalue weighted by Gasteiger charge is 2.04. The number of aromatic nitrogens is 1. The third kappa shape index (κ3) is 5.21. The minimum atomic E-state index is -0.0111. The van der Waals surface area contributed by atoms with Gasteiger partial charge in [0.1, 0.15) is 0 Å². The van der Waals surface area contributed by atoms with E-state index >= 15 is 0 Å². The molecule has 0 aliphatic heterocycles. The number of pyridine rings is 1. The molecule has 2 N–H and O–H groups in total. The van der Waals surface area contributed by atoms with Gasteiger partial charge in [-0.3, -0.25) is 9.78 Å². The Hall–Kier alpha value is -1.85. The van der Waals surface area contributed by atoms with E-state index in [-0.39, 0.29) is 12.5 Å². The van der Waals surface area contributed by atoms with Gasteiger partial charge in [-0.1, -0.05) is 24.3 Å². The number of aliphatic hydroxyl groups excluding tert-OH is 1. The van der Waals surface area contributed by atoms with Gasteiger partial charge in [0.15, 0.2) is 0 Å². The highest BCUT2D eigenvalue weighted by molar-refractivity contribution is 7.99. The van der Waals surface area contributed by atoms with Crippen molar-refractivity contribution in [3.8, 4) is 0 Å². The molecule has 1 heterocycles. The fraction of sp³-hybridized carbons (Fsp3) is 0.250. The van der Waals surface area contributed by atoms with Crippen molar-refractivity contribution in [2.24, 2.45) is 0 Å². The van der Waals surface area contributed by atoms with Gasteiger partial charge >= 0.3 is 0 Å². The zero-order valence-corrected chi connectivity index (χ0v) is 12.5. The Labute approximate surface area is 128 Å². The lowest BCUT2D eigenvalue weighted by Crippen LogP contribution is -2.25. The van der Waals surface area contributed by atoms with E-state index in [9.17, 15) is 9.90 Å². The summed E-state index contributed by atoms with van der Waals surface area (Å²) in [6.45, 7) is 0.439. The van der Waals surface area contributed by atoms with E-state index in [2.05, 4.69) is 10.3 Å². The zero-order chi connectivity index (χ0) is 14.9. The lowest BCUT2D eigenvalue weighted by molar-refractivity contribution is -0.118. The molecule has 2 aromatic rings. The summed E-state index contributed by atoms with van der Waals surface area (Å²) in [5, 5.41) is 12.1. The number of thioether (sulfide) groups is 1. The second-order valence-corrected chi connectivity index (χ2v) is 5.54. The number of amides is 1. The van der Waals surface area contributed by atoms with Gasteiger partial charge < -0.3 is 10.4 Å². The lowest BCUT2D eigenvalue weighted by Gasteiger charge is -2.09. The molecule has 2 rings (SSSR count). The van der Waals surface area contributed by atoms with Crippen molar-refractivity contribution in [1.82, 2.24) is 10.3 Å². The Balaban J connectivity index is 1.72. The minimum absolute atomic E-state index is 0.00167. The minimum Gasteiger partial charge on any atom is -0.392 e. The maximum atomic E-state index is 11.8. The van der Waals surface area contributed by atoms with Crippen LogP contribution >= 0.6 is 11.8 Å². The molecule has 0 aliphatic rings. The average molecular weight is 302 g/mol. The van der Waals surface area contributed by atoms with Gasteiger partial charge in [-0.25, -0.2) is 0 Å². The number of nitrogens with zero attached hydrogens (tertiary/aromatic N) is 1. The molecule has 21 heavy (non-hydrogen) atoms. The number of nitrogens with one attached hydrogen (secondary N) is 1. The number of carbonyl (C=O) groups is 1. The van der Waals surface area contributed by atoms with E-state index in [1.807, 2.05) is 36.4 Å². The number of carbonyl (C=O) groups excluding carboxylic acids is 1. The topological polar surface area (TPSA) is 62.2 Å². The van der Waals surface area contributed by atoms with Crippen molar-refractivity contribution in [2.75, 3.05) is 5.75 Å². The highest BCUT2D eigenvalue weighted by Crippen LogP contribution is 2.11. The van der Waals surface area contributed by atoms with Crippen LogP contribution in [0, 0.1) is 0 Å². The van der Waals surface area contributed by atoms with Gasteiger partial charge in [0, 0.05) is 24.7 Å². The van der Waals surface area contributed by atoms with Crippen molar-refractivity contribution >= 4 is 17.7 Å². The molecule has 0 atom stereocenters. The van der Waals surface area contributed by atoms with Crippen molar-refractivity contribution < 1.29 is 9.90 Å². The largest absolute Gasteiger partial charge is 0.392 e. The maximum Gasteiger partial charge on any atom is 0.230 e. The second kappa shape index (κ2) is 8.44. The molecule has 0 bridgehead atoms. The molecule has 110 valence electrons. The average Bonchev–Trinajstić information content (AvgIpc) is 2.54. The first-order valence-electron chi connectivity index (χ1n) is 6.70. The van der Waals surface area contributed by atoms with Gasteiger partial charge in [-0.05, 0) is 28.8 Å². The summed E-state index contributed by atoms with van der Waals surface area (Å²) in [5.41, 5.74) is 2.96. The first kappa shape index (κ1) is 15.5. The summed E-state index contributed by atoms with van der Waals surface area (Å²) in [6, 6.07) is 11.4. The summed E-state index contributed by atoms with van der Waals surface area (Å²) in [4.78, 5) is 15.8. The first-order valence-corrected chi connectivity index (χ1v) is 7.86. The van der Waals surface area contributed by atoms with Crippen molar-refractivity contribution in [1.29, 1.82) is 0 Å². The van der Waals surface area contributed by atoms with Gasteiger partial charge in [-0.15, -0.1) is 11.8 Å². The predicted octanol–water partition coefficient (Wildman–Crippen LogP) is 2.12. The van der Waals surface area contributed by atoms with Crippen molar-refractivity contribution in [3.05, 3.63) is 65.5 Å². The third-order valence-corrected chi connectivity index (χ3v) is 4.02. The molecule has 1 aromatic heterocycles. The van der Waals surface area contributed by atoms with E-state index in [4.69, 9.17) is 0 Å². The van der Waals surface area contributed by atoms with Gasteiger partial charge in [0.05, 0.1) is 12.4 Å². The van der Waals surface area contributed by atoms with Crippen LogP contribution in [0.2, 0.25) is 0 Å². The Morgan fingerprint density at radius 3 is 2.57 bits per heavy atom. The molecule has 0 spiro atoms. The maximum absolute atomic E-state index is 11.8. The number of hydrogen-bond acceptors (Lipinski definition) is 4. The molecule has 5 heteroatoms. The van der Waals surface area contributed by atoms with E-state index < -0.39 is 0 Å². The molecule has 0 radical (unpaired) electrons. The van der Waals surface area contributed by atoms with Gasteiger partial charge in [0.2, 0.25) is 5.91 Å². The van der Waals surface area contributed by atoms with Gasteiger partial charge in [0.25, 0.3) is 0 Å². The molecular formula is C16H18N2O2S. The highest BCUT2D eigenvalue weighted by atomic mass is 32.2. The number of benzene rings is 1. The van der Waals surface area contributed by atoms with Crippen LogP contribution < -0.4 is 5.32 Å². The summed E-state index contributed by atoms with van der Waals surface area (Å²) in [7, 11) is 0. The van der Waals surface area contributed by atoms with Crippen LogP contribution in [0.5, 0.6) is 0 Å². The monoisotopic (exact) mass is 302 g/mol. The fourth-order valence-corrected chi connectivity index (χ4v) is 2.69. The van der Waals surface area contributed by atoms with Crippen LogP contribution in [0.4, 0.5) is 0 Å². The Bertz CT molecular complexity index is 575. The lowest BCUT2D eigenvalue weighted by atomic mass is 10.1. The van der Waals surface area contributed by atoms with Crippen LogP contribution in [-0.2, 0) is 23.7 Å². The van der Waals surface area contributed by atoms with Gasteiger partial charge in [-0.2, -0.15) is 0 Å². The number of hydrogen-bond donors (Lipinski definition) is 2. The molecule has 0 saturated heterocycles. The quantitative estimate of drug-likeness (QED) is 0.822. The molecular weight excluding hydrogens is 284 g/mol. The van der Waals surface area contributed by atoms with Crippen molar-refractivity contribution in [3.63, 3.8) is 0 Å². The Morgan fingerprint density at radius 1 is 1.14 bits per heavy atom. The Morgan fingerprint density at radius 2 is 1.86 bits per heavy atom. The van der Waals surface area contributed by atoms with Crippen LogP contribution in [0.25, 0.3) is 0 Å². The zero-order valence-electron chi connectivity index (χ0n) is 11.7. The molecule has 4 nitrogen and oxygen atoms in total. The molecule has 0 saturated carbocycles. The second-order valence-electron chi connectivity index (χ2n) is 4.55. The summed E-state index contributed by atoms with van der Waals surface area (Å²) < 4.78 is 0. The first-order chi connectivity index (χ1) is 10.3. The van der Waals surface area contributed by atoms with E-state index in [1.54, 1.807) is 24.2 Å². The molecule has 0 aliphatic carbocycles. The molecule has 0 unspecified atom stereocenters. The smallest absolute Gasteiger partial charge is 0.230 e. The van der Waals surface area contributed by atoms with Crippen LogP contribution in [0.15, 0.2) is 48.8 Å². The molecule has 1 aromatic carbocycles. The van der Waals surface area contributed by atoms with Crippen LogP contribution in [0.1, 0.15) is 16.7 Å². The Kier molecular flexibility index (Phi) is 6.24. The van der Waals surface area contributed by atoms with Crippen LogP contribution in [0.3, 0.4) is 0 Å². The number of rotatable bonds is 7. The standard InChI is InChI=1S/C16H18N2O2S/c19-10-15-4-2-1-3-14(15)9-18-16(20)12-21-11-13-5-7-17-8-6-13/h1-8,19H,9-12H2,(H,18,20). The molecule has 0 fully saturated rings. The third-order valence-electron chi connectivity index (χ3n) is 3.02. The summed E-state index contributed by atoms with van der Waals surface area (Å²) >= 11 is 1.57. The predicted molar refractivity (Wildman–Crippen MR) is 84.6 cm³/mol. The normalized spacial score (nSPS) is 10.3. The number of aliphatic hydroxyl groups is 1. The van der Waals surface area contributed by atoms with E-state index in [1.165, 1.54) is 0 Å². The van der Waals surface area contributed by atoms with E-state index in [0.717, 1.165) is 22.4 Å². The van der Waals surface area contributed by atoms with Crippen molar-refractivity contribution in [2.45, 2.75) is 18.9 Å². The van der Waals surface area contributed by atoms with Crippen LogP contribution in [-0.4, -0.2) is 21.8 Å². The summed E-state index contributed by atoms with van der Waals surface area (Å²) in [5.74, 6) is 1.22. The van der Waals surface area contributed by atoms with E-state index in [0.29, 0.717) is 12.3 Å².